The predicted octanol–water partition coefficient (Wildman–Crippen LogP) is 6.21. The zero-order valence-electron chi connectivity index (χ0n) is 18.3. The van der Waals surface area contributed by atoms with Crippen LogP contribution in [-0.2, 0) is 0 Å². The number of aromatic nitrogens is 4. The molecule has 3 aromatic heterocycles. The third-order valence-electron chi connectivity index (χ3n) is 5.28. The normalized spacial score (nSPS) is 11.9. The maximum Gasteiger partial charge on any atom is 0.223 e. The summed E-state index contributed by atoms with van der Waals surface area (Å²) in [5.41, 5.74) is 4.08. The minimum absolute atomic E-state index is 0.0981. The molecule has 0 atom stereocenters. The van der Waals surface area contributed by atoms with Crippen LogP contribution in [0.4, 0.5) is 10.3 Å². The molecule has 0 fully saturated rings. The van der Waals surface area contributed by atoms with Gasteiger partial charge in [-0.15, -0.1) is 0 Å². The first-order chi connectivity index (χ1) is 15.4. The van der Waals surface area contributed by atoms with Crippen molar-refractivity contribution in [3.05, 3.63) is 78.9 Å². The summed E-state index contributed by atoms with van der Waals surface area (Å²) in [7, 11) is 0. The molecule has 0 radical (unpaired) electrons. The van der Waals surface area contributed by atoms with Gasteiger partial charge in [-0.05, 0) is 52.6 Å². The van der Waals surface area contributed by atoms with E-state index in [1.807, 2.05) is 18.2 Å². The maximum absolute atomic E-state index is 13.6. The van der Waals surface area contributed by atoms with Crippen molar-refractivity contribution in [3.63, 3.8) is 0 Å². The molecule has 0 aliphatic rings. The highest BCUT2D eigenvalue weighted by Crippen LogP contribution is 2.33. The maximum atomic E-state index is 13.6. The smallest absolute Gasteiger partial charge is 0.223 e. The van der Waals surface area contributed by atoms with Crippen molar-refractivity contribution >= 4 is 22.4 Å². The number of anilines is 1. The molecule has 0 bridgehead atoms. The molecule has 2 aromatic carbocycles. The molecule has 5 rings (SSSR count). The molecule has 32 heavy (non-hydrogen) atoms. The van der Waals surface area contributed by atoms with Gasteiger partial charge in [0.1, 0.15) is 11.5 Å². The Kier molecular flexibility index (Phi) is 4.85. The van der Waals surface area contributed by atoms with E-state index in [2.05, 4.69) is 59.9 Å². The van der Waals surface area contributed by atoms with Crippen LogP contribution in [0.2, 0.25) is 0 Å². The van der Waals surface area contributed by atoms with Gasteiger partial charge in [0.2, 0.25) is 5.95 Å². The molecule has 3 heterocycles. The van der Waals surface area contributed by atoms with Gasteiger partial charge in [0.05, 0.1) is 17.1 Å². The zero-order chi connectivity index (χ0) is 22.3. The van der Waals surface area contributed by atoms with Crippen LogP contribution in [0.1, 0.15) is 20.8 Å². The lowest BCUT2D eigenvalue weighted by Gasteiger charge is -2.18. The molecule has 0 aliphatic heterocycles. The first-order valence-electron chi connectivity index (χ1n) is 10.6. The Balaban J connectivity index is 1.72. The first kappa shape index (κ1) is 20.1. The highest BCUT2D eigenvalue weighted by Gasteiger charge is 2.19. The van der Waals surface area contributed by atoms with E-state index in [1.165, 1.54) is 12.1 Å². The van der Waals surface area contributed by atoms with Crippen LogP contribution in [0.15, 0.2) is 73.1 Å². The fourth-order valence-corrected chi connectivity index (χ4v) is 3.69. The van der Waals surface area contributed by atoms with Crippen LogP contribution in [0, 0.1) is 11.2 Å². The van der Waals surface area contributed by atoms with Crippen molar-refractivity contribution in [2.75, 3.05) is 11.9 Å². The number of fused-ring (bicyclic) bond motifs is 2. The third-order valence-corrected chi connectivity index (χ3v) is 5.28. The first-order valence-corrected chi connectivity index (χ1v) is 10.6. The van der Waals surface area contributed by atoms with E-state index >= 15 is 0 Å². The molecule has 5 aromatic rings. The van der Waals surface area contributed by atoms with Gasteiger partial charge in [-0.2, -0.15) is 0 Å². The largest absolute Gasteiger partial charge is 0.354 e. The SMILES string of the molecule is CC(C)(C)CNc1nccc(-c2c(-c3ccc(F)cc3)nc3cc4ccccc4cn23)n1. The van der Waals surface area contributed by atoms with E-state index in [-0.39, 0.29) is 11.2 Å². The lowest BCUT2D eigenvalue weighted by molar-refractivity contribution is 0.442. The Bertz CT molecular complexity index is 1410. The zero-order valence-corrected chi connectivity index (χ0v) is 18.3. The van der Waals surface area contributed by atoms with Gasteiger partial charge >= 0.3 is 0 Å². The predicted molar refractivity (Wildman–Crippen MR) is 127 cm³/mol. The Hall–Kier alpha value is -3.80. The molecule has 160 valence electrons. The van der Waals surface area contributed by atoms with Crippen LogP contribution >= 0.6 is 0 Å². The minimum Gasteiger partial charge on any atom is -0.354 e. The summed E-state index contributed by atoms with van der Waals surface area (Å²) in [6.07, 6.45) is 3.83. The average Bonchev–Trinajstić information content (AvgIpc) is 3.14. The topological polar surface area (TPSA) is 55.1 Å². The number of hydrogen-bond acceptors (Lipinski definition) is 4. The number of halogens is 1. The van der Waals surface area contributed by atoms with Crippen LogP contribution in [0.5, 0.6) is 0 Å². The summed E-state index contributed by atoms with van der Waals surface area (Å²) in [5.74, 6) is 0.290. The highest BCUT2D eigenvalue weighted by atomic mass is 19.1. The number of hydrogen-bond donors (Lipinski definition) is 1. The Morgan fingerprint density at radius 3 is 2.44 bits per heavy atom. The van der Waals surface area contributed by atoms with Gasteiger partial charge in [-0.1, -0.05) is 45.0 Å². The summed E-state index contributed by atoms with van der Waals surface area (Å²) in [6, 6.07) is 18.5. The van der Waals surface area contributed by atoms with Crippen LogP contribution in [0.25, 0.3) is 39.1 Å². The lowest BCUT2D eigenvalue weighted by Crippen LogP contribution is -2.20. The quantitative estimate of drug-likeness (QED) is 0.372. The molecular weight excluding hydrogens is 401 g/mol. The summed E-state index contributed by atoms with van der Waals surface area (Å²) < 4.78 is 15.7. The third kappa shape index (κ3) is 3.91. The Morgan fingerprint density at radius 2 is 1.69 bits per heavy atom. The fraction of sp³-hybridized carbons (Fsp3) is 0.192. The second-order valence-electron chi connectivity index (χ2n) is 9.13. The van der Waals surface area contributed by atoms with Gasteiger partial charge in [0.15, 0.2) is 0 Å². The molecule has 0 amide bonds. The van der Waals surface area contributed by atoms with E-state index in [1.54, 1.807) is 18.3 Å². The number of nitrogens with zero attached hydrogens (tertiary/aromatic N) is 4. The lowest BCUT2D eigenvalue weighted by atomic mass is 9.97. The molecule has 5 nitrogen and oxygen atoms in total. The highest BCUT2D eigenvalue weighted by molar-refractivity contribution is 5.88. The molecule has 6 heteroatoms. The number of rotatable bonds is 4. The average molecular weight is 426 g/mol. The molecule has 0 saturated carbocycles. The minimum atomic E-state index is -0.277. The number of pyridine rings is 1. The number of nitrogens with one attached hydrogen (secondary N) is 1. The molecule has 1 N–H and O–H groups in total. The van der Waals surface area contributed by atoms with Gasteiger partial charge in [0.25, 0.3) is 0 Å². The van der Waals surface area contributed by atoms with E-state index in [9.17, 15) is 4.39 Å². The van der Waals surface area contributed by atoms with Gasteiger partial charge in [-0.25, -0.2) is 19.3 Å². The van der Waals surface area contributed by atoms with Crippen molar-refractivity contribution < 1.29 is 4.39 Å². The van der Waals surface area contributed by atoms with E-state index in [4.69, 9.17) is 9.97 Å². The summed E-state index contributed by atoms with van der Waals surface area (Å²) in [5, 5.41) is 5.54. The van der Waals surface area contributed by atoms with Gasteiger partial charge < -0.3 is 5.32 Å². The molecule has 0 unspecified atom stereocenters. The fourth-order valence-electron chi connectivity index (χ4n) is 3.69. The van der Waals surface area contributed by atoms with Crippen molar-refractivity contribution in [2.24, 2.45) is 5.41 Å². The second kappa shape index (κ2) is 7.71. The van der Waals surface area contributed by atoms with Crippen molar-refractivity contribution in [2.45, 2.75) is 20.8 Å². The number of benzene rings is 2. The molecule has 0 spiro atoms. The van der Waals surface area contributed by atoms with E-state index in [0.29, 0.717) is 5.95 Å². The summed E-state index contributed by atoms with van der Waals surface area (Å²) >= 11 is 0. The number of imidazole rings is 1. The Morgan fingerprint density at radius 1 is 0.938 bits per heavy atom. The monoisotopic (exact) mass is 425 g/mol. The van der Waals surface area contributed by atoms with E-state index < -0.39 is 0 Å². The van der Waals surface area contributed by atoms with E-state index in [0.717, 1.165) is 45.6 Å². The van der Waals surface area contributed by atoms with Gasteiger partial charge in [-0.3, -0.25) is 4.40 Å². The second-order valence-corrected chi connectivity index (χ2v) is 9.13. The van der Waals surface area contributed by atoms with Crippen LogP contribution in [0.3, 0.4) is 0 Å². The summed E-state index contributed by atoms with van der Waals surface area (Å²) in [4.78, 5) is 14.1. The summed E-state index contributed by atoms with van der Waals surface area (Å²) in [6.45, 7) is 7.23. The molecule has 0 saturated heterocycles. The van der Waals surface area contributed by atoms with Crippen molar-refractivity contribution in [1.29, 1.82) is 0 Å². The molecular formula is C26H24FN5. The standard InChI is InChI=1S/C26H24FN5/c1-26(2,3)16-29-25-28-13-12-21(30-25)24-23(17-8-10-20(27)11-9-17)31-22-14-18-6-4-5-7-19(18)15-32(22)24/h4-15H,16H2,1-3H3,(H,28,29,30). The van der Waals surface area contributed by atoms with Crippen molar-refractivity contribution in [3.8, 4) is 22.6 Å². The Labute approximate surface area is 186 Å². The van der Waals surface area contributed by atoms with Crippen molar-refractivity contribution in [1.82, 2.24) is 19.4 Å². The van der Waals surface area contributed by atoms with Crippen LogP contribution in [-0.4, -0.2) is 25.9 Å². The van der Waals surface area contributed by atoms with Gasteiger partial charge in [0, 0.05) is 24.5 Å². The van der Waals surface area contributed by atoms with Crippen LogP contribution < -0.4 is 5.32 Å². The molecule has 0 aliphatic carbocycles.